The predicted molar refractivity (Wildman–Crippen MR) is 421 cm³/mol. The van der Waals surface area contributed by atoms with Crippen LogP contribution in [0.15, 0.2) is 0 Å². The van der Waals surface area contributed by atoms with Gasteiger partial charge in [-0.3, -0.25) is 4.79 Å². The standard InChI is InChI=1S/C86H167NO18/c1-3-5-7-9-11-13-15-17-19-21-23-25-27-29-31-32-33-34-35-36-38-40-42-44-46-48-50-52-54-56-58-60-62-64-74(92)87-69(70(91)63-61-59-57-55-53-51-49-47-45-43-41-39-37-30-28-26-24-22-20-18-16-14-12-10-8-6-4-2)68-100-84-80(98)77(95)82(72(66-89)102-84)105-86-81(99)78(96)83(73(67-90)103-86)104-85-79(97)76(94)75(93)71(65-88)101-85/h69-73,75-86,88-91,93-99H,3-68H2,1-2H3,(H,87,92). The van der Waals surface area contributed by atoms with E-state index in [1.165, 1.54) is 334 Å². The van der Waals surface area contributed by atoms with Crippen LogP contribution in [0.1, 0.15) is 412 Å². The number of hydrogen-bond donors (Lipinski definition) is 12. The summed E-state index contributed by atoms with van der Waals surface area (Å²) in [6.07, 6.45) is 53.6. The molecule has 624 valence electrons. The minimum atomic E-state index is -1.97. The minimum Gasteiger partial charge on any atom is -0.394 e. The Labute approximate surface area is 640 Å². The fraction of sp³-hybridized carbons (Fsp3) is 0.988. The summed E-state index contributed by atoms with van der Waals surface area (Å²) in [5.41, 5.74) is 0. The van der Waals surface area contributed by atoms with Crippen LogP contribution in [-0.4, -0.2) is 193 Å². The molecular weight excluding hydrogens is 1330 g/mol. The highest BCUT2D eigenvalue weighted by Crippen LogP contribution is 2.34. The Morgan fingerprint density at radius 1 is 0.305 bits per heavy atom. The molecule has 3 heterocycles. The van der Waals surface area contributed by atoms with E-state index in [0.717, 1.165) is 44.9 Å². The zero-order valence-corrected chi connectivity index (χ0v) is 67.3. The number of aliphatic hydroxyl groups is 11. The average Bonchev–Trinajstić information content (AvgIpc) is 0.780. The van der Waals surface area contributed by atoms with Crippen LogP contribution in [0.25, 0.3) is 0 Å². The fourth-order valence-electron chi connectivity index (χ4n) is 15.8. The Bertz CT molecular complexity index is 1890. The smallest absolute Gasteiger partial charge is 0.220 e. The van der Waals surface area contributed by atoms with Crippen LogP contribution in [0.2, 0.25) is 0 Å². The van der Waals surface area contributed by atoms with Crippen molar-refractivity contribution in [1.29, 1.82) is 0 Å². The van der Waals surface area contributed by atoms with Crippen LogP contribution in [0.3, 0.4) is 0 Å². The molecule has 0 saturated carbocycles. The average molecular weight is 1500 g/mol. The number of rotatable bonds is 74. The number of carbonyl (C=O) groups is 1. The van der Waals surface area contributed by atoms with Gasteiger partial charge in [0.15, 0.2) is 18.9 Å². The van der Waals surface area contributed by atoms with E-state index in [1.807, 2.05) is 0 Å². The van der Waals surface area contributed by atoms with Gasteiger partial charge in [0.05, 0.1) is 38.6 Å². The van der Waals surface area contributed by atoms with Crippen molar-refractivity contribution in [2.45, 2.75) is 516 Å². The second-order valence-corrected chi connectivity index (χ2v) is 32.4. The Kier molecular flexibility index (Phi) is 62.8. The largest absolute Gasteiger partial charge is 0.394 e. The molecule has 19 heteroatoms. The molecule has 0 radical (unpaired) electrons. The number of aliphatic hydroxyl groups excluding tert-OH is 11. The topological polar surface area (TPSA) is 307 Å². The zero-order valence-electron chi connectivity index (χ0n) is 67.3. The number of unbranched alkanes of at least 4 members (excludes halogenated alkanes) is 58. The molecule has 0 aliphatic carbocycles. The van der Waals surface area contributed by atoms with E-state index in [9.17, 15) is 61.0 Å². The lowest BCUT2D eigenvalue weighted by Gasteiger charge is -2.48. The maximum absolute atomic E-state index is 13.5. The summed E-state index contributed by atoms with van der Waals surface area (Å²) in [6.45, 7) is 1.89. The maximum Gasteiger partial charge on any atom is 0.220 e. The zero-order chi connectivity index (χ0) is 76.0. The molecule has 0 bridgehead atoms. The van der Waals surface area contributed by atoms with Gasteiger partial charge in [-0.2, -0.15) is 0 Å². The van der Waals surface area contributed by atoms with Crippen LogP contribution in [-0.2, 0) is 33.2 Å². The van der Waals surface area contributed by atoms with E-state index in [-0.39, 0.29) is 18.9 Å². The molecule has 1 amide bonds. The van der Waals surface area contributed by atoms with Crippen LogP contribution >= 0.6 is 0 Å². The molecule has 3 aliphatic rings. The maximum atomic E-state index is 13.5. The molecule has 17 unspecified atom stereocenters. The lowest BCUT2D eigenvalue weighted by atomic mass is 9.96. The van der Waals surface area contributed by atoms with Crippen LogP contribution in [0.4, 0.5) is 0 Å². The van der Waals surface area contributed by atoms with Crippen molar-refractivity contribution >= 4 is 5.91 Å². The van der Waals surface area contributed by atoms with Gasteiger partial charge in [0.2, 0.25) is 5.91 Å². The van der Waals surface area contributed by atoms with E-state index in [4.69, 9.17) is 28.4 Å². The highest BCUT2D eigenvalue weighted by Gasteiger charge is 2.54. The van der Waals surface area contributed by atoms with Crippen LogP contribution < -0.4 is 5.32 Å². The van der Waals surface area contributed by atoms with Gasteiger partial charge in [0, 0.05) is 6.42 Å². The van der Waals surface area contributed by atoms with Gasteiger partial charge in [-0.1, -0.05) is 393 Å². The second-order valence-electron chi connectivity index (χ2n) is 32.4. The van der Waals surface area contributed by atoms with Gasteiger partial charge in [-0.15, -0.1) is 0 Å². The highest BCUT2D eigenvalue weighted by molar-refractivity contribution is 5.76. The number of ether oxygens (including phenoxy) is 6. The lowest BCUT2D eigenvalue weighted by Crippen LogP contribution is -2.66. The summed E-state index contributed by atoms with van der Waals surface area (Å²) in [5, 5.41) is 121. The minimum absolute atomic E-state index is 0.231. The first-order valence-electron chi connectivity index (χ1n) is 44.8. The normalized spacial score (nSPS) is 25.7. The molecule has 3 fully saturated rings. The van der Waals surface area contributed by atoms with E-state index < -0.39 is 124 Å². The Balaban J connectivity index is 1.32. The van der Waals surface area contributed by atoms with Crippen molar-refractivity contribution in [3.63, 3.8) is 0 Å². The quantitative estimate of drug-likeness (QED) is 0.0252. The molecule has 0 aromatic carbocycles. The van der Waals surface area contributed by atoms with Crippen molar-refractivity contribution in [3.05, 3.63) is 0 Å². The Morgan fingerprint density at radius 2 is 0.543 bits per heavy atom. The van der Waals surface area contributed by atoms with E-state index >= 15 is 0 Å². The molecule has 0 spiro atoms. The monoisotopic (exact) mass is 1500 g/mol. The van der Waals surface area contributed by atoms with Gasteiger partial charge in [0.1, 0.15) is 73.2 Å². The van der Waals surface area contributed by atoms with Crippen molar-refractivity contribution in [3.8, 4) is 0 Å². The number of nitrogens with one attached hydrogen (secondary N) is 1. The number of carbonyl (C=O) groups excluding carboxylic acids is 1. The third-order valence-electron chi connectivity index (χ3n) is 22.9. The molecule has 3 aliphatic heterocycles. The molecule has 0 aromatic heterocycles. The number of amides is 1. The van der Waals surface area contributed by atoms with Crippen molar-refractivity contribution in [2.24, 2.45) is 0 Å². The first-order chi connectivity index (χ1) is 51.3. The van der Waals surface area contributed by atoms with Gasteiger partial charge >= 0.3 is 0 Å². The third-order valence-corrected chi connectivity index (χ3v) is 22.9. The van der Waals surface area contributed by atoms with E-state index in [2.05, 4.69) is 19.2 Å². The fourth-order valence-corrected chi connectivity index (χ4v) is 15.8. The van der Waals surface area contributed by atoms with Gasteiger partial charge in [-0.25, -0.2) is 0 Å². The SMILES string of the molecule is CCCCCCCCCCCCCCCCCCCCCCCCCCCCCCCCCCCC(=O)NC(COC1OC(CO)C(OC2OC(CO)C(OC3OC(CO)C(O)C(O)C3O)C(O)C2O)C(O)C1O)C(O)CCCCCCCCCCCCCCCCCCCCCCCCCCCCC. The van der Waals surface area contributed by atoms with Crippen molar-refractivity contribution in [1.82, 2.24) is 5.32 Å². The molecule has 12 N–H and O–H groups in total. The molecule has 19 nitrogen and oxygen atoms in total. The highest BCUT2D eigenvalue weighted by atomic mass is 16.8. The van der Waals surface area contributed by atoms with Gasteiger partial charge < -0.3 is 89.9 Å². The van der Waals surface area contributed by atoms with Crippen molar-refractivity contribution < 1.29 is 89.4 Å². The van der Waals surface area contributed by atoms with E-state index in [1.54, 1.807) is 0 Å². The van der Waals surface area contributed by atoms with Gasteiger partial charge in [0.25, 0.3) is 0 Å². The summed E-state index contributed by atoms with van der Waals surface area (Å²) < 4.78 is 34.6. The summed E-state index contributed by atoms with van der Waals surface area (Å²) in [5.74, 6) is -0.231. The summed E-state index contributed by atoms with van der Waals surface area (Å²) in [7, 11) is 0. The molecule has 0 aromatic rings. The molecular formula is C86H167NO18. The Hall–Kier alpha value is -1.21. The second kappa shape index (κ2) is 67.3. The first kappa shape index (κ1) is 98.0. The van der Waals surface area contributed by atoms with Crippen molar-refractivity contribution in [2.75, 3.05) is 26.4 Å². The predicted octanol–water partition coefficient (Wildman–Crippen LogP) is 16.5. The number of hydrogen-bond acceptors (Lipinski definition) is 18. The van der Waals surface area contributed by atoms with Gasteiger partial charge in [-0.05, 0) is 12.8 Å². The lowest BCUT2D eigenvalue weighted by molar-refractivity contribution is -0.379. The molecule has 105 heavy (non-hydrogen) atoms. The molecule has 17 atom stereocenters. The third kappa shape index (κ3) is 46.5. The summed E-state index contributed by atoms with van der Waals surface area (Å²) >= 11 is 0. The first-order valence-corrected chi connectivity index (χ1v) is 44.8. The summed E-state index contributed by atoms with van der Waals surface area (Å²) in [4.78, 5) is 13.5. The van der Waals surface area contributed by atoms with E-state index in [0.29, 0.717) is 12.8 Å². The molecule has 3 saturated heterocycles. The molecule has 3 rings (SSSR count). The summed E-state index contributed by atoms with van der Waals surface area (Å²) in [6, 6.07) is -0.884. The van der Waals surface area contributed by atoms with Crippen LogP contribution in [0, 0.1) is 0 Å². The Morgan fingerprint density at radius 3 is 0.829 bits per heavy atom. The van der Waals surface area contributed by atoms with Crippen LogP contribution in [0.5, 0.6) is 0 Å².